The molecule has 52 valence electrons. The molecule has 0 unspecified atom stereocenters. The number of nitrogens with one attached hydrogen (secondary N) is 1. The van der Waals surface area contributed by atoms with Gasteiger partial charge >= 0.3 is 0 Å². The molecule has 1 aromatic rings. The molecule has 0 aromatic carbocycles. The van der Waals surface area contributed by atoms with Gasteiger partial charge in [0.05, 0.1) is 9.88 Å². The Morgan fingerprint density at radius 3 is 3.30 bits per heavy atom. The highest BCUT2D eigenvalue weighted by atomic mass is 32.1. The number of hydrogen-bond donors (Lipinski definition) is 1. The molecule has 0 saturated carbocycles. The molecular weight excluding hydrogens is 148 g/mol. The predicted molar refractivity (Wildman–Crippen MR) is 39.0 cm³/mol. The summed E-state index contributed by atoms with van der Waals surface area (Å²) in [6.45, 7) is 2.65. The molecule has 4 nitrogen and oxygen atoms in total. The fraction of sp³-hybridized carbons (Fsp3) is 0.400. The van der Waals surface area contributed by atoms with Crippen molar-refractivity contribution in [2.75, 3.05) is 5.43 Å². The molecule has 1 aliphatic rings. The van der Waals surface area contributed by atoms with E-state index in [9.17, 15) is 0 Å². The maximum absolute atomic E-state index is 4.20. The van der Waals surface area contributed by atoms with E-state index in [0.717, 1.165) is 10.8 Å². The third-order valence-electron chi connectivity index (χ3n) is 1.25. The van der Waals surface area contributed by atoms with E-state index in [2.05, 4.69) is 20.7 Å². The van der Waals surface area contributed by atoms with Crippen molar-refractivity contribution < 1.29 is 0 Å². The number of aryl methyl sites for hydroxylation is 1. The van der Waals surface area contributed by atoms with Gasteiger partial charge < -0.3 is 0 Å². The smallest absolute Gasteiger partial charge is 0.164 e. The highest BCUT2D eigenvalue weighted by Gasteiger charge is 2.10. The number of hydrogen-bond acceptors (Lipinski definition) is 5. The van der Waals surface area contributed by atoms with E-state index in [1.54, 1.807) is 11.3 Å². The van der Waals surface area contributed by atoms with Crippen LogP contribution < -0.4 is 5.43 Å². The fourth-order valence-electron chi connectivity index (χ4n) is 0.846. The Bertz CT molecular complexity index is 252. The quantitative estimate of drug-likeness (QED) is 0.618. The van der Waals surface area contributed by atoms with Crippen molar-refractivity contribution in [3.63, 3.8) is 0 Å². The van der Waals surface area contributed by atoms with Gasteiger partial charge in [0.15, 0.2) is 5.82 Å². The van der Waals surface area contributed by atoms with Gasteiger partial charge in [-0.3, -0.25) is 0 Å². The maximum atomic E-state index is 4.20. The van der Waals surface area contributed by atoms with E-state index in [1.807, 2.05) is 6.92 Å². The van der Waals surface area contributed by atoms with E-state index in [4.69, 9.17) is 0 Å². The van der Waals surface area contributed by atoms with Gasteiger partial charge in [-0.1, -0.05) is 5.22 Å². The van der Waals surface area contributed by atoms with E-state index in [-0.39, 0.29) is 0 Å². The summed E-state index contributed by atoms with van der Waals surface area (Å²) in [6.07, 6.45) is 0. The second-order valence-corrected chi connectivity index (χ2v) is 3.30. The lowest BCUT2D eigenvalue weighted by atomic mass is 10.5. The van der Waals surface area contributed by atoms with E-state index < -0.39 is 0 Å². The Morgan fingerprint density at radius 2 is 2.50 bits per heavy atom. The summed E-state index contributed by atoms with van der Waals surface area (Å²) in [5.41, 5.74) is 2.74. The molecule has 2 rings (SSSR count). The first kappa shape index (κ1) is 5.79. The van der Waals surface area contributed by atoms with Crippen molar-refractivity contribution in [3.05, 3.63) is 9.88 Å². The first-order chi connectivity index (χ1) is 4.86. The third-order valence-corrected chi connectivity index (χ3v) is 2.20. The molecule has 5 heteroatoms. The van der Waals surface area contributed by atoms with Gasteiger partial charge in [0.25, 0.3) is 0 Å². The van der Waals surface area contributed by atoms with E-state index in [0.29, 0.717) is 6.54 Å². The lowest BCUT2D eigenvalue weighted by Crippen LogP contribution is -1.95. The molecule has 2 heterocycles. The zero-order valence-electron chi connectivity index (χ0n) is 5.46. The zero-order valence-corrected chi connectivity index (χ0v) is 6.27. The van der Waals surface area contributed by atoms with Gasteiger partial charge in [-0.2, -0.15) is 5.11 Å². The molecule has 0 aliphatic carbocycles. The highest BCUT2D eigenvalue weighted by Crippen LogP contribution is 2.25. The van der Waals surface area contributed by atoms with Crippen molar-refractivity contribution in [2.45, 2.75) is 13.5 Å². The molecule has 0 atom stereocenters. The average molecular weight is 154 g/mol. The Labute approximate surface area is 62.0 Å². The summed E-state index contributed by atoms with van der Waals surface area (Å²) >= 11 is 1.66. The normalized spacial score (nSPS) is 14.5. The summed E-state index contributed by atoms with van der Waals surface area (Å²) in [4.78, 5) is 5.38. The van der Waals surface area contributed by atoms with Crippen LogP contribution in [0.4, 0.5) is 5.82 Å². The molecule has 0 amide bonds. The molecule has 0 saturated heterocycles. The Hall–Kier alpha value is -0.970. The summed E-state index contributed by atoms with van der Waals surface area (Å²) in [5.74, 6) is 0.873. The number of thiazole rings is 1. The minimum Gasteiger partial charge on any atom is -0.242 e. The van der Waals surface area contributed by atoms with Crippen molar-refractivity contribution in [3.8, 4) is 0 Å². The lowest BCUT2D eigenvalue weighted by Gasteiger charge is -2.00. The summed E-state index contributed by atoms with van der Waals surface area (Å²) in [7, 11) is 0. The van der Waals surface area contributed by atoms with Crippen molar-refractivity contribution >= 4 is 17.2 Å². The molecule has 1 aromatic heterocycles. The van der Waals surface area contributed by atoms with Crippen molar-refractivity contribution in [1.29, 1.82) is 0 Å². The molecule has 1 aliphatic heterocycles. The minimum atomic E-state index is 0.674. The molecule has 0 spiro atoms. The minimum absolute atomic E-state index is 0.674. The Balaban J connectivity index is 2.46. The number of fused-ring (bicyclic) bond motifs is 1. The zero-order chi connectivity index (χ0) is 6.97. The van der Waals surface area contributed by atoms with Gasteiger partial charge in [-0.15, -0.1) is 11.3 Å². The van der Waals surface area contributed by atoms with Crippen LogP contribution in [-0.4, -0.2) is 4.98 Å². The van der Waals surface area contributed by atoms with Gasteiger partial charge in [0, 0.05) is 0 Å². The first-order valence-electron chi connectivity index (χ1n) is 2.95. The van der Waals surface area contributed by atoms with Crippen LogP contribution in [0.1, 0.15) is 9.88 Å². The lowest BCUT2D eigenvalue weighted by molar-refractivity contribution is 0.894. The summed E-state index contributed by atoms with van der Waals surface area (Å²) < 4.78 is 0. The topological polar surface area (TPSA) is 49.6 Å². The van der Waals surface area contributed by atoms with Gasteiger partial charge in [0.1, 0.15) is 6.54 Å². The van der Waals surface area contributed by atoms with Crippen LogP contribution in [0.15, 0.2) is 10.3 Å². The van der Waals surface area contributed by atoms with Crippen molar-refractivity contribution in [1.82, 2.24) is 4.98 Å². The van der Waals surface area contributed by atoms with Gasteiger partial charge in [-0.25, -0.2) is 10.4 Å². The van der Waals surface area contributed by atoms with E-state index >= 15 is 0 Å². The van der Waals surface area contributed by atoms with Gasteiger partial charge in [-0.05, 0) is 6.92 Å². The molecule has 0 bridgehead atoms. The summed E-state index contributed by atoms with van der Waals surface area (Å²) in [6, 6.07) is 0. The second kappa shape index (κ2) is 2.02. The largest absolute Gasteiger partial charge is 0.242 e. The Kier molecular flexibility index (Phi) is 1.17. The second-order valence-electron chi connectivity index (χ2n) is 2.02. The number of anilines is 1. The predicted octanol–water partition coefficient (Wildman–Crippen LogP) is 1.74. The van der Waals surface area contributed by atoms with Crippen LogP contribution >= 0.6 is 11.3 Å². The third kappa shape index (κ3) is 0.786. The Morgan fingerprint density at radius 1 is 1.60 bits per heavy atom. The SMILES string of the molecule is Cc1nc2c(s1)CN=NN2. The van der Waals surface area contributed by atoms with Crippen molar-refractivity contribution in [2.24, 2.45) is 10.3 Å². The molecule has 0 fully saturated rings. The number of aromatic nitrogens is 1. The number of nitrogens with zero attached hydrogens (tertiary/aromatic N) is 3. The molecule has 0 radical (unpaired) electrons. The summed E-state index contributed by atoms with van der Waals surface area (Å²) in [5, 5.41) is 8.53. The molecular formula is C5H6N4S. The molecule has 1 N–H and O–H groups in total. The maximum Gasteiger partial charge on any atom is 0.164 e. The average Bonchev–Trinajstić information content (AvgIpc) is 2.27. The molecule has 10 heavy (non-hydrogen) atoms. The van der Waals surface area contributed by atoms with E-state index in [1.165, 1.54) is 4.88 Å². The first-order valence-corrected chi connectivity index (χ1v) is 3.77. The standard InChI is InChI=1S/C5H6N4S/c1-3-7-5-4(10-3)2-6-9-8-5/h2H2,1H3,(H,6,8). The highest BCUT2D eigenvalue weighted by molar-refractivity contribution is 7.12. The monoisotopic (exact) mass is 154 g/mol. The number of rotatable bonds is 0. The van der Waals surface area contributed by atoms with Crippen LogP contribution in [0.3, 0.4) is 0 Å². The van der Waals surface area contributed by atoms with Crippen LogP contribution in [0.2, 0.25) is 0 Å². The van der Waals surface area contributed by atoms with Crippen LogP contribution in [0.25, 0.3) is 0 Å². The van der Waals surface area contributed by atoms with Crippen LogP contribution in [0, 0.1) is 6.92 Å². The van der Waals surface area contributed by atoms with Crippen LogP contribution in [-0.2, 0) is 6.54 Å². The van der Waals surface area contributed by atoms with Crippen LogP contribution in [0.5, 0.6) is 0 Å². The fourth-order valence-corrected chi connectivity index (χ4v) is 1.65. The van der Waals surface area contributed by atoms with Gasteiger partial charge in [0.2, 0.25) is 0 Å².